The van der Waals surface area contributed by atoms with Crippen LogP contribution >= 0.6 is 0 Å². The lowest BCUT2D eigenvalue weighted by molar-refractivity contribution is -0.144. The first-order valence-electron chi connectivity index (χ1n) is 9.10. The number of benzene rings is 1. The molecule has 2 aliphatic heterocycles. The fourth-order valence-corrected chi connectivity index (χ4v) is 3.88. The predicted octanol–water partition coefficient (Wildman–Crippen LogP) is 0.213. The monoisotopic (exact) mass is 360 g/mol. The lowest BCUT2D eigenvalue weighted by atomic mass is 10.0. The Morgan fingerprint density at radius 3 is 2.62 bits per heavy atom. The fraction of sp³-hybridized carbons (Fsp3) is 0.579. The van der Waals surface area contributed by atoms with Gasteiger partial charge in [-0.05, 0) is 19.4 Å². The van der Waals surface area contributed by atoms with Crippen molar-refractivity contribution < 1.29 is 14.3 Å². The van der Waals surface area contributed by atoms with Crippen LogP contribution in [0.25, 0.3) is 0 Å². The molecule has 1 aromatic carbocycles. The van der Waals surface area contributed by atoms with Gasteiger partial charge >= 0.3 is 5.97 Å². The molecule has 1 aromatic rings. The molecule has 2 aliphatic rings. The molecular weight excluding hydrogens is 332 g/mol. The summed E-state index contributed by atoms with van der Waals surface area (Å²) in [5.74, 6) is -0.0232. The molecule has 1 amide bonds. The summed E-state index contributed by atoms with van der Waals surface area (Å²) < 4.78 is 4.84. The second-order valence-corrected chi connectivity index (χ2v) is 7.33. The number of ether oxygens (including phenoxy) is 1. The van der Waals surface area contributed by atoms with Crippen LogP contribution in [-0.2, 0) is 20.9 Å². The molecule has 2 N–H and O–H groups in total. The quantitative estimate of drug-likeness (QED) is 0.732. The zero-order chi connectivity index (χ0) is 18.7. The van der Waals surface area contributed by atoms with Gasteiger partial charge in [0.1, 0.15) is 6.04 Å². The summed E-state index contributed by atoms with van der Waals surface area (Å²) in [7, 11) is 1.40. The average Bonchev–Trinajstić information content (AvgIpc) is 3.04. The van der Waals surface area contributed by atoms with Gasteiger partial charge in [-0.3, -0.25) is 19.9 Å². The van der Waals surface area contributed by atoms with E-state index in [1.807, 2.05) is 4.90 Å². The third-order valence-corrected chi connectivity index (χ3v) is 5.09. The number of nitrogens with one attached hydrogen (secondary N) is 2. The highest BCUT2D eigenvalue weighted by Gasteiger charge is 2.36. The van der Waals surface area contributed by atoms with Gasteiger partial charge in [0.2, 0.25) is 5.91 Å². The van der Waals surface area contributed by atoms with E-state index in [1.54, 1.807) is 0 Å². The Bertz CT molecular complexity index is 658. The molecule has 0 radical (unpaired) electrons. The molecule has 2 heterocycles. The van der Waals surface area contributed by atoms with Gasteiger partial charge in [-0.2, -0.15) is 0 Å². The SMILES string of the molecule is COC(=O)C1NNCC1CN1CCN(Cc2cc(C)cc(C)c2)C(=O)C1. The average molecular weight is 360 g/mol. The van der Waals surface area contributed by atoms with Crippen LogP contribution in [0.4, 0.5) is 0 Å². The van der Waals surface area contributed by atoms with E-state index in [2.05, 4.69) is 47.8 Å². The number of rotatable bonds is 5. The number of aryl methyl sites for hydroxylation is 2. The van der Waals surface area contributed by atoms with E-state index in [-0.39, 0.29) is 23.8 Å². The van der Waals surface area contributed by atoms with Crippen LogP contribution < -0.4 is 10.9 Å². The maximum atomic E-state index is 12.6. The Morgan fingerprint density at radius 2 is 1.96 bits per heavy atom. The fourth-order valence-electron chi connectivity index (χ4n) is 3.88. The van der Waals surface area contributed by atoms with E-state index in [4.69, 9.17) is 4.74 Å². The Morgan fingerprint density at radius 1 is 1.23 bits per heavy atom. The van der Waals surface area contributed by atoms with Crippen LogP contribution in [-0.4, -0.2) is 67.6 Å². The topological polar surface area (TPSA) is 73.9 Å². The second kappa shape index (κ2) is 8.16. The van der Waals surface area contributed by atoms with Gasteiger partial charge in [-0.25, -0.2) is 5.43 Å². The minimum Gasteiger partial charge on any atom is -0.468 e. The van der Waals surface area contributed by atoms with Gasteiger partial charge in [0, 0.05) is 38.6 Å². The summed E-state index contributed by atoms with van der Waals surface area (Å²) in [6.45, 7) is 8.14. The number of esters is 1. The minimum absolute atomic E-state index is 0.0984. The molecule has 0 aromatic heterocycles. The van der Waals surface area contributed by atoms with Crippen molar-refractivity contribution in [3.05, 3.63) is 34.9 Å². The molecule has 2 saturated heterocycles. The number of amides is 1. The van der Waals surface area contributed by atoms with Crippen LogP contribution in [0.2, 0.25) is 0 Å². The highest BCUT2D eigenvalue weighted by Crippen LogP contribution is 2.16. The Balaban J connectivity index is 1.55. The zero-order valence-corrected chi connectivity index (χ0v) is 15.7. The molecule has 0 spiro atoms. The molecule has 7 heteroatoms. The van der Waals surface area contributed by atoms with Gasteiger partial charge in [-0.1, -0.05) is 29.3 Å². The Hall–Kier alpha value is -1.96. The highest BCUT2D eigenvalue weighted by atomic mass is 16.5. The molecular formula is C19H28N4O3. The molecule has 2 unspecified atom stereocenters. The van der Waals surface area contributed by atoms with E-state index in [0.717, 1.165) is 6.54 Å². The van der Waals surface area contributed by atoms with E-state index in [1.165, 1.54) is 23.8 Å². The van der Waals surface area contributed by atoms with Gasteiger partial charge in [0.05, 0.1) is 13.7 Å². The summed E-state index contributed by atoms with van der Waals surface area (Å²) in [5, 5.41) is 0. The van der Waals surface area contributed by atoms with Crippen molar-refractivity contribution in [2.24, 2.45) is 5.92 Å². The normalized spacial score (nSPS) is 24.1. The maximum Gasteiger partial charge on any atom is 0.324 e. The number of carbonyl (C=O) groups is 2. The minimum atomic E-state index is -0.358. The first kappa shape index (κ1) is 18.8. The summed E-state index contributed by atoms with van der Waals surface area (Å²) in [6, 6.07) is 6.07. The molecule has 142 valence electrons. The molecule has 2 atom stereocenters. The van der Waals surface area contributed by atoms with E-state index in [9.17, 15) is 9.59 Å². The first-order valence-corrected chi connectivity index (χ1v) is 9.10. The van der Waals surface area contributed by atoms with E-state index < -0.39 is 0 Å². The standard InChI is InChI=1S/C19H28N4O3/c1-13-6-14(2)8-15(7-13)10-23-5-4-22(12-17(23)24)11-16-9-20-21-18(16)19(25)26-3/h6-8,16,18,20-21H,4-5,9-12H2,1-3H3. The van der Waals surface area contributed by atoms with Gasteiger partial charge < -0.3 is 9.64 Å². The van der Waals surface area contributed by atoms with E-state index in [0.29, 0.717) is 32.7 Å². The number of piperazine rings is 1. The number of carbonyl (C=O) groups excluding carboxylic acids is 2. The van der Waals surface area contributed by atoms with Crippen LogP contribution in [0.15, 0.2) is 18.2 Å². The van der Waals surface area contributed by atoms with Crippen LogP contribution in [0.5, 0.6) is 0 Å². The van der Waals surface area contributed by atoms with Gasteiger partial charge in [-0.15, -0.1) is 0 Å². The number of methoxy groups -OCH3 is 1. The third-order valence-electron chi connectivity index (χ3n) is 5.09. The Labute approximate surface area is 154 Å². The second-order valence-electron chi connectivity index (χ2n) is 7.33. The van der Waals surface area contributed by atoms with Crippen molar-refractivity contribution in [3.63, 3.8) is 0 Å². The molecule has 3 rings (SSSR count). The number of hydrazine groups is 1. The van der Waals surface area contributed by atoms with E-state index >= 15 is 0 Å². The largest absolute Gasteiger partial charge is 0.468 e. The lowest BCUT2D eigenvalue weighted by Crippen LogP contribution is -2.52. The maximum absolute atomic E-state index is 12.6. The lowest BCUT2D eigenvalue weighted by Gasteiger charge is -2.36. The summed E-state index contributed by atoms with van der Waals surface area (Å²) in [4.78, 5) is 28.5. The molecule has 0 saturated carbocycles. The van der Waals surface area contributed by atoms with Crippen LogP contribution in [0, 0.1) is 19.8 Å². The van der Waals surface area contributed by atoms with Crippen molar-refractivity contribution in [2.45, 2.75) is 26.4 Å². The van der Waals surface area contributed by atoms with Gasteiger partial charge in [0.15, 0.2) is 0 Å². The van der Waals surface area contributed by atoms with Crippen LogP contribution in [0.1, 0.15) is 16.7 Å². The summed E-state index contributed by atoms with van der Waals surface area (Å²) in [6.07, 6.45) is 0. The number of hydrogen-bond donors (Lipinski definition) is 2. The highest BCUT2D eigenvalue weighted by molar-refractivity contribution is 5.79. The van der Waals surface area contributed by atoms with Crippen molar-refractivity contribution in [1.82, 2.24) is 20.7 Å². The Kier molecular flexibility index (Phi) is 5.90. The zero-order valence-electron chi connectivity index (χ0n) is 15.7. The third kappa shape index (κ3) is 4.41. The summed E-state index contributed by atoms with van der Waals surface area (Å²) in [5.41, 5.74) is 9.61. The first-order chi connectivity index (χ1) is 12.5. The van der Waals surface area contributed by atoms with Crippen molar-refractivity contribution in [3.8, 4) is 0 Å². The molecule has 7 nitrogen and oxygen atoms in total. The smallest absolute Gasteiger partial charge is 0.324 e. The van der Waals surface area contributed by atoms with Crippen molar-refractivity contribution >= 4 is 11.9 Å². The van der Waals surface area contributed by atoms with Crippen LogP contribution in [0.3, 0.4) is 0 Å². The van der Waals surface area contributed by atoms with Crippen molar-refractivity contribution in [2.75, 3.05) is 39.8 Å². The molecule has 0 bridgehead atoms. The molecule has 2 fully saturated rings. The molecule has 26 heavy (non-hydrogen) atoms. The number of hydrogen-bond acceptors (Lipinski definition) is 6. The molecule has 0 aliphatic carbocycles. The predicted molar refractivity (Wildman–Crippen MR) is 98.2 cm³/mol. The van der Waals surface area contributed by atoms with Crippen molar-refractivity contribution in [1.29, 1.82) is 0 Å². The number of nitrogens with zero attached hydrogens (tertiary/aromatic N) is 2. The summed E-state index contributed by atoms with van der Waals surface area (Å²) >= 11 is 0. The van der Waals surface area contributed by atoms with Gasteiger partial charge in [0.25, 0.3) is 0 Å².